The van der Waals surface area contributed by atoms with Gasteiger partial charge in [-0.05, 0) is 58.4 Å². The molecule has 2 rings (SSSR count). The molecule has 0 N–H and O–H groups in total. The predicted molar refractivity (Wildman–Crippen MR) is 126 cm³/mol. The Labute approximate surface area is 204 Å². The minimum absolute atomic E-state index is 0.181. The van der Waals surface area contributed by atoms with E-state index in [0.717, 1.165) is 9.80 Å². The van der Waals surface area contributed by atoms with Crippen LogP contribution in [0.1, 0.15) is 50.9 Å². The summed E-state index contributed by atoms with van der Waals surface area (Å²) in [7, 11) is 1.48. The number of imide groups is 1. The lowest BCUT2D eigenvalue weighted by Gasteiger charge is -2.46. The normalized spacial score (nSPS) is 18.0. The van der Waals surface area contributed by atoms with Crippen LogP contribution in [0, 0.1) is 0 Å². The number of esters is 1. The van der Waals surface area contributed by atoms with E-state index in [1.54, 1.807) is 32.9 Å². The zero-order chi connectivity index (χ0) is 26.4. The van der Waals surface area contributed by atoms with Crippen molar-refractivity contribution in [1.29, 1.82) is 0 Å². The molecule has 0 spiro atoms. The fourth-order valence-corrected chi connectivity index (χ4v) is 3.63. The molecule has 1 unspecified atom stereocenters. The Kier molecular flexibility index (Phi) is 8.78. The summed E-state index contributed by atoms with van der Waals surface area (Å²) in [5.74, 6) is -2.49. The first-order valence-corrected chi connectivity index (χ1v) is 11.2. The number of methoxy groups -OCH3 is 1. The molecule has 0 aromatic heterocycles. The van der Waals surface area contributed by atoms with Crippen LogP contribution in [0.2, 0.25) is 0 Å². The van der Waals surface area contributed by atoms with E-state index in [1.807, 2.05) is 0 Å². The largest absolute Gasteiger partial charge is 0.497 e. The molecule has 10 nitrogen and oxygen atoms in total. The quantitative estimate of drug-likeness (QED) is 0.237. The SMILES string of the molecule is C=CCOC(=O)C1(CCC(C)=O)C(=O)N(C(=O)c2ccc(OC)cc2)CCN1C(=O)OC(C)(C)C. The van der Waals surface area contributed by atoms with E-state index in [4.69, 9.17) is 14.2 Å². The second-order valence-electron chi connectivity index (χ2n) is 9.07. The number of carbonyl (C=O) groups is 5. The van der Waals surface area contributed by atoms with Crippen molar-refractivity contribution < 1.29 is 38.2 Å². The van der Waals surface area contributed by atoms with Crippen molar-refractivity contribution in [3.63, 3.8) is 0 Å². The lowest BCUT2D eigenvalue weighted by molar-refractivity contribution is -0.170. The number of ketones is 1. The van der Waals surface area contributed by atoms with Crippen molar-refractivity contribution in [2.75, 3.05) is 26.8 Å². The third-order valence-electron chi connectivity index (χ3n) is 5.31. The van der Waals surface area contributed by atoms with Gasteiger partial charge in [0.25, 0.3) is 11.8 Å². The summed E-state index contributed by atoms with van der Waals surface area (Å²) in [5.41, 5.74) is -3.00. The average molecular weight is 489 g/mol. The maximum absolute atomic E-state index is 13.9. The monoisotopic (exact) mass is 488 g/mol. The van der Waals surface area contributed by atoms with Crippen LogP contribution in [0.15, 0.2) is 36.9 Å². The third kappa shape index (κ3) is 6.26. The number of piperazine rings is 1. The van der Waals surface area contributed by atoms with Gasteiger partial charge < -0.3 is 19.0 Å². The van der Waals surface area contributed by atoms with Gasteiger partial charge in [0, 0.05) is 25.1 Å². The van der Waals surface area contributed by atoms with Crippen LogP contribution in [-0.4, -0.2) is 77.4 Å². The maximum Gasteiger partial charge on any atom is 0.411 e. The molecule has 190 valence electrons. The smallest absolute Gasteiger partial charge is 0.411 e. The van der Waals surface area contributed by atoms with Crippen molar-refractivity contribution in [3.05, 3.63) is 42.5 Å². The molecule has 1 aliphatic heterocycles. The molecule has 1 fully saturated rings. The van der Waals surface area contributed by atoms with E-state index in [2.05, 4.69) is 6.58 Å². The molecule has 1 saturated heterocycles. The van der Waals surface area contributed by atoms with Gasteiger partial charge in [-0.15, -0.1) is 0 Å². The Morgan fingerprint density at radius 2 is 1.74 bits per heavy atom. The van der Waals surface area contributed by atoms with Crippen molar-refractivity contribution in [2.24, 2.45) is 0 Å². The van der Waals surface area contributed by atoms with Crippen molar-refractivity contribution in [1.82, 2.24) is 9.80 Å². The van der Waals surface area contributed by atoms with Gasteiger partial charge in [-0.1, -0.05) is 12.7 Å². The summed E-state index contributed by atoms with van der Waals surface area (Å²) in [6, 6.07) is 6.11. The fraction of sp³-hybridized carbons (Fsp3) is 0.480. The Hall–Kier alpha value is -3.69. The fourth-order valence-electron chi connectivity index (χ4n) is 3.63. The predicted octanol–water partition coefficient (Wildman–Crippen LogP) is 2.75. The lowest BCUT2D eigenvalue weighted by Crippen LogP contribution is -2.72. The van der Waals surface area contributed by atoms with Gasteiger partial charge in [0.2, 0.25) is 5.54 Å². The van der Waals surface area contributed by atoms with Crippen molar-refractivity contribution in [2.45, 2.75) is 51.7 Å². The molecule has 1 aromatic carbocycles. The molecule has 0 radical (unpaired) electrons. The zero-order valence-corrected chi connectivity index (χ0v) is 20.8. The summed E-state index contributed by atoms with van der Waals surface area (Å²) in [5, 5.41) is 0. The van der Waals surface area contributed by atoms with Crippen LogP contribution in [0.25, 0.3) is 0 Å². The summed E-state index contributed by atoms with van der Waals surface area (Å²) in [6.07, 6.45) is -0.203. The first kappa shape index (κ1) is 27.6. The highest BCUT2D eigenvalue weighted by molar-refractivity contribution is 6.17. The van der Waals surface area contributed by atoms with Gasteiger partial charge in [0.15, 0.2) is 0 Å². The minimum atomic E-state index is -2.27. The molecule has 0 bridgehead atoms. The van der Waals surface area contributed by atoms with E-state index in [9.17, 15) is 24.0 Å². The van der Waals surface area contributed by atoms with Gasteiger partial charge in [-0.3, -0.25) is 19.4 Å². The van der Waals surface area contributed by atoms with Crippen LogP contribution in [0.4, 0.5) is 4.79 Å². The first-order chi connectivity index (χ1) is 16.4. The highest BCUT2D eigenvalue weighted by Crippen LogP contribution is 2.33. The second kappa shape index (κ2) is 11.2. The van der Waals surface area contributed by atoms with Gasteiger partial charge in [0.1, 0.15) is 23.7 Å². The van der Waals surface area contributed by atoms with Crippen LogP contribution in [0.3, 0.4) is 0 Å². The molecule has 10 heteroatoms. The number of hydrogen-bond donors (Lipinski definition) is 0. The van der Waals surface area contributed by atoms with E-state index < -0.39 is 35.0 Å². The van der Waals surface area contributed by atoms with E-state index >= 15 is 0 Å². The van der Waals surface area contributed by atoms with Gasteiger partial charge >= 0.3 is 12.1 Å². The second-order valence-corrected chi connectivity index (χ2v) is 9.07. The number of nitrogens with zero attached hydrogens (tertiary/aromatic N) is 2. The average Bonchev–Trinajstić information content (AvgIpc) is 2.80. The summed E-state index contributed by atoms with van der Waals surface area (Å²) in [6.45, 7) is 9.12. The summed E-state index contributed by atoms with van der Waals surface area (Å²) in [4.78, 5) is 67.4. The molecule has 0 saturated carbocycles. The number of carbonyl (C=O) groups excluding carboxylic acids is 5. The molecule has 0 aliphatic carbocycles. The van der Waals surface area contributed by atoms with E-state index in [1.165, 1.54) is 32.2 Å². The highest BCUT2D eigenvalue weighted by atomic mass is 16.6. The molecule has 1 aromatic rings. The number of rotatable bonds is 8. The van der Waals surface area contributed by atoms with Crippen LogP contribution >= 0.6 is 0 Å². The first-order valence-electron chi connectivity index (χ1n) is 11.2. The molecular formula is C25H32N2O8. The minimum Gasteiger partial charge on any atom is -0.497 e. The number of amides is 3. The van der Waals surface area contributed by atoms with E-state index in [-0.39, 0.29) is 43.9 Å². The van der Waals surface area contributed by atoms with Crippen LogP contribution in [0.5, 0.6) is 5.75 Å². The number of ether oxygens (including phenoxy) is 3. The summed E-state index contributed by atoms with van der Waals surface area (Å²) < 4.78 is 15.8. The number of hydrogen-bond acceptors (Lipinski definition) is 8. The molecule has 1 heterocycles. The summed E-state index contributed by atoms with van der Waals surface area (Å²) >= 11 is 0. The molecule has 1 aliphatic rings. The topological polar surface area (TPSA) is 120 Å². The van der Waals surface area contributed by atoms with Gasteiger partial charge in [-0.25, -0.2) is 9.59 Å². The standard InChI is InChI=1S/C25H32N2O8/c1-7-16-34-22(31)25(13-12-17(2)28)21(30)26(14-15-27(25)23(32)35-24(3,4)5)20(29)18-8-10-19(33-6)11-9-18/h7-11H,1,12-16H2,2-6H3. The Bertz CT molecular complexity index is 996. The van der Waals surface area contributed by atoms with E-state index in [0.29, 0.717) is 5.75 Å². The highest BCUT2D eigenvalue weighted by Gasteiger charge is 2.60. The number of Topliss-reactive ketones (excluding diaryl/α,β-unsaturated/α-hetero) is 1. The Morgan fingerprint density at radius 3 is 2.26 bits per heavy atom. The molecule has 3 amide bonds. The zero-order valence-electron chi connectivity index (χ0n) is 20.8. The van der Waals surface area contributed by atoms with Crippen LogP contribution < -0.4 is 4.74 Å². The van der Waals surface area contributed by atoms with Gasteiger partial charge in [-0.2, -0.15) is 0 Å². The Balaban J connectivity index is 2.57. The van der Waals surface area contributed by atoms with Gasteiger partial charge in [0.05, 0.1) is 7.11 Å². The van der Waals surface area contributed by atoms with Crippen molar-refractivity contribution in [3.8, 4) is 5.75 Å². The maximum atomic E-state index is 13.9. The molecular weight excluding hydrogens is 456 g/mol. The molecule has 1 atom stereocenters. The lowest BCUT2D eigenvalue weighted by atomic mass is 9.86. The molecule has 35 heavy (non-hydrogen) atoms. The van der Waals surface area contributed by atoms with Crippen molar-refractivity contribution >= 4 is 29.7 Å². The number of benzene rings is 1. The third-order valence-corrected chi connectivity index (χ3v) is 5.31. The Morgan fingerprint density at radius 1 is 1.11 bits per heavy atom. The van der Waals surface area contributed by atoms with Crippen LogP contribution in [-0.2, 0) is 23.9 Å².